The van der Waals surface area contributed by atoms with Crippen molar-refractivity contribution >= 4 is 5.97 Å². The number of rotatable bonds is 3. The highest BCUT2D eigenvalue weighted by Crippen LogP contribution is 2.13. The fourth-order valence-electron chi connectivity index (χ4n) is 1.79. The standard InChI is InChI=1S/C12H23NO3/c1-9-7-10(5-6-15-9)13-8-11(14)16-12(2,3)4/h9-10,13H,5-8H2,1-4H3/t9-,10+/m0/s1. The molecule has 1 rings (SSSR count). The average molecular weight is 229 g/mol. The number of carbonyl (C=O) groups excluding carboxylic acids is 1. The second-order valence-corrected chi connectivity index (χ2v) is 5.37. The van der Waals surface area contributed by atoms with Gasteiger partial charge in [0.15, 0.2) is 0 Å². The van der Waals surface area contributed by atoms with Gasteiger partial charge in [0.1, 0.15) is 5.60 Å². The lowest BCUT2D eigenvalue weighted by atomic mass is 10.0. The molecular formula is C12H23NO3. The summed E-state index contributed by atoms with van der Waals surface area (Å²) in [6.45, 7) is 8.74. The molecular weight excluding hydrogens is 206 g/mol. The van der Waals surface area contributed by atoms with Crippen LogP contribution >= 0.6 is 0 Å². The van der Waals surface area contributed by atoms with E-state index < -0.39 is 5.60 Å². The summed E-state index contributed by atoms with van der Waals surface area (Å²) in [5.41, 5.74) is -0.401. The van der Waals surface area contributed by atoms with E-state index in [0.29, 0.717) is 6.04 Å². The first-order valence-corrected chi connectivity index (χ1v) is 5.93. The summed E-state index contributed by atoms with van der Waals surface area (Å²) in [7, 11) is 0. The van der Waals surface area contributed by atoms with Crippen molar-refractivity contribution in [2.75, 3.05) is 13.2 Å². The van der Waals surface area contributed by atoms with Crippen molar-refractivity contribution < 1.29 is 14.3 Å². The van der Waals surface area contributed by atoms with Crippen LogP contribution in [-0.2, 0) is 14.3 Å². The molecule has 0 amide bonds. The Morgan fingerprint density at radius 1 is 1.50 bits per heavy atom. The molecule has 0 aromatic rings. The zero-order valence-corrected chi connectivity index (χ0v) is 10.7. The summed E-state index contributed by atoms with van der Waals surface area (Å²) in [5.74, 6) is -0.188. The second-order valence-electron chi connectivity index (χ2n) is 5.37. The van der Waals surface area contributed by atoms with Gasteiger partial charge in [-0.05, 0) is 40.5 Å². The van der Waals surface area contributed by atoms with E-state index in [2.05, 4.69) is 12.2 Å². The van der Waals surface area contributed by atoms with Crippen molar-refractivity contribution in [1.82, 2.24) is 5.32 Å². The molecule has 4 nitrogen and oxygen atoms in total. The molecule has 1 fully saturated rings. The van der Waals surface area contributed by atoms with Crippen LogP contribution in [0.5, 0.6) is 0 Å². The third-order valence-electron chi connectivity index (χ3n) is 2.44. The third-order valence-corrected chi connectivity index (χ3v) is 2.44. The van der Waals surface area contributed by atoms with Crippen molar-refractivity contribution in [2.24, 2.45) is 0 Å². The monoisotopic (exact) mass is 229 g/mol. The summed E-state index contributed by atoms with van der Waals surface area (Å²) in [5, 5.41) is 3.22. The van der Waals surface area contributed by atoms with E-state index in [1.54, 1.807) is 0 Å². The van der Waals surface area contributed by atoms with Gasteiger partial charge in [0.25, 0.3) is 0 Å². The van der Waals surface area contributed by atoms with E-state index in [1.165, 1.54) is 0 Å². The molecule has 1 aliphatic heterocycles. The first kappa shape index (κ1) is 13.5. The van der Waals surface area contributed by atoms with Gasteiger partial charge in [-0.3, -0.25) is 4.79 Å². The SMILES string of the molecule is C[C@H]1C[C@H](NCC(=O)OC(C)(C)C)CCO1. The van der Waals surface area contributed by atoms with Gasteiger partial charge in [-0.15, -0.1) is 0 Å². The van der Waals surface area contributed by atoms with Gasteiger partial charge in [-0.25, -0.2) is 0 Å². The Balaban J connectivity index is 2.21. The van der Waals surface area contributed by atoms with Gasteiger partial charge in [-0.1, -0.05) is 0 Å². The van der Waals surface area contributed by atoms with Crippen LogP contribution in [0.3, 0.4) is 0 Å². The van der Waals surface area contributed by atoms with E-state index in [-0.39, 0.29) is 18.6 Å². The number of nitrogens with one attached hydrogen (secondary N) is 1. The van der Waals surface area contributed by atoms with Crippen LogP contribution in [0.25, 0.3) is 0 Å². The maximum atomic E-state index is 11.5. The quantitative estimate of drug-likeness (QED) is 0.745. The first-order chi connectivity index (χ1) is 7.37. The minimum Gasteiger partial charge on any atom is -0.459 e. The summed E-state index contributed by atoms with van der Waals surface area (Å²) in [6, 6.07) is 0.372. The molecule has 16 heavy (non-hydrogen) atoms. The highest BCUT2D eigenvalue weighted by atomic mass is 16.6. The summed E-state index contributed by atoms with van der Waals surface area (Å²) >= 11 is 0. The van der Waals surface area contributed by atoms with E-state index >= 15 is 0 Å². The molecule has 0 aromatic carbocycles. The van der Waals surface area contributed by atoms with Crippen LogP contribution in [0.2, 0.25) is 0 Å². The maximum absolute atomic E-state index is 11.5. The van der Waals surface area contributed by atoms with Crippen LogP contribution in [-0.4, -0.2) is 36.9 Å². The number of hydrogen-bond acceptors (Lipinski definition) is 4. The number of esters is 1. The fourth-order valence-corrected chi connectivity index (χ4v) is 1.79. The molecule has 0 radical (unpaired) electrons. The zero-order valence-electron chi connectivity index (χ0n) is 10.7. The predicted molar refractivity (Wildman–Crippen MR) is 62.3 cm³/mol. The number of hydrogen-bond donors (Lipinski definition) is 1. The lowest BCUT2D eigenvalue weighted by molar-refractivity contribution is -0.154. The molecule has 0 unspecified atom stereocenters. The summed E-state index contributed by atoms with van der Waals surface area (Å²) in [6.07, 6.45) is 2.21. The second kappa shape index (κ2) is 5.64. The fraction of sp³-hybridized carbons (Fsp3) is 0.917. The molecule has 0 spiro atoms. The van der Waals surface area contributed by atoms with Crippen LogP contribution in [0.15, 0.2) is 0 Å². The number of ether oxygens (including phenoxy) is 2. The smallest absolute Gasteiger partial charge is 0.320 e. The summed E-state index contributed by atoms with van der Waals surface area (Å²) in [4.78, 5) is 11.5. The van der Waals surface area contributed by atoms with Crippen molar-refractivity contribution in [1.29, 1.82) is 0 Å². The van der Waals surface area contributed by atoms with Gasteiger partial charge in [0.2, 0.25) is 0 Å². The Morgan fingerprint density at radius 3 is 2.75 bits per heavy atom. The minimum atomic E-state index is -0.401. The Hall–Kier alpha value is -0.610. The molecule has 1 aliphatic rings. The molecule has 0 aromatic heterocycles. The molecule has 94 valence electrons. The van der Waals surface area contributed by atoms with E-state index in [4.69, 9.17) is 9.47 Å². The Bertz CT molecular complexity index is 235. The average Bonchev–Trinajstić information content (AvgIpc) is 2.12. The molecule has 1 heterocycles. The summed E-state index contributed by atoms with van der Waals surface area (Å²) < 4.78 is 10.7. The van der Waals surface area contributed by atoms with Crippen molar-refractivity contribution in [2.45, 2.75) is 58.3 Å². The van der Waals surface area contributed by atoms with E-state index in [0.717, 1.165) is 19.4 Å². The molecule has 0 aliphatic carbocycles. The van der Waals surface area contributed by atoms with Gasteiger partial charge in [-0.2, -0.15) is 0 Å². The van der Waals surface area contributed by atoms with Gasteiger partial charge in [0.05, 0.1) is 12.6 Å². The van der Waals surface area contributed by atoms with Gasteiger partial charge >= 0.3 is 5.97 Å². The van der Waals surface area contributed by atoms with Crippen LogP contribution in [0.1, 0.15) is 40.5 Å². The Morgan fingerprint density at radius 2 is 2.19 bits per heavy atom. The van der Waals surface area contributed by atoms with E-state index in [1.807, 2.05) is 20.8 Å². The topological polar surface area (TPSA) is 47.6 Å². The van der Waals surface area contributed by atoms with E-state index in [9.17, 15) is 4.79 Å². The zero-order chi connectivity index (χ0) is 12.2. The van der Waals surface area contributed by atoms with Crippen LogP contribution in [0, 0.1) is 0 Å². The normalized spacial score (nSPS) is 26.5. The molecule has 0 saturated carbocycles. The largest absolute Gasteiger partial charge is 0.459 e. The van der Waals surface area contributed by atoms with Crippen molar-refractivity contribution in [3.8, 4) is 0 Å². The highest BCUT2D eigenvalue weighted by Gasteiger charge is 2.21. The predicted octanol–water partition coefficient (Wildman–Crippen LogP) is 1.49. The molecule has 2 atom stereocenters. The van der Waals surface area contributed by atoms with Crippen molar-refractivity contribution in [3.05, 3.63) is 0 Å². The van der Waals surface area contributed by atoms with Gasteiger partial charge in [0, 0.05) is 12.6 Å². The lowest BCUT2D eigenvalue weighted by Crippen LogP contribution is -2.41. The first-order valence-electron chi connectivity index (χ1n) is 5.93. The third kappa shape index (κ3) is 5.47. The Kier molecular flexibility index (Phi) is 4.74. The molecule has 1 N–H and O–H groups in total. The van der Waals surface area contributed by atoms with Crippen molar-refractivity contribution in [3.63, 3.8) is 0 Å². The molecule has 1 saturated heterocycles. The molecule has 0 bridgehead atoms. The number of carbonyl (C=O) groups is 1. The van der Waals surface area contributed by atoms with Crippen LogP contribution in [0.4, 0.5) is 0 Å². The Labute approximate surface area is 97.7 Å². The molecule has 4 heteroatoms. The lowest BCUT2D eigenvalue weighted by Gasteiger charge is -2.28. The van der Waals surface area contributed by atoms with Gasteiger partial charge < -0.3 is 14.8 Å². The highest BCUT2D eigenvalue weighted by molar-refractivity contribution is 5.72. The minimum absolute atomic E-state index is 0.188. The van der Waals surface area contributed by atoms with Crippen LogP contribution < -0.4 is 5.32 Å². The maximum Gasteiger partial charge on any atom is 0.320 e.